The van der Waals surface area contributed by atoms with Gasteiger partial charge in [0.2, 0.25) is 0 Å². The van der Waals surface area contributed by atoms with Crippen molar-refractivity contribution in [3.05, 3.63) is 0 Å². The maximum absolute atomic E-state index is 10.6. The molecule has 1 N–H and O–H groups in total. The van der Waals surface area contributed by atoms with Crippen molar-refractivity contribution in [2.75, 3.05) is 26.2 Å². The Balaban J connectivity index is 2.34. The molecule has 1 aliphatic rings. The van der Waals surface area contributed by atoms with Crippen LogP contribution in [0.3, 0.4) is 0 Å². The van der Waals surface area contributed by atoms with Crippen LogP contribution in [0.5, 0.6) is 0 Å². The van der Waals surface area contributed by atoms with Crippen LogP contribution >= 0.6 is 0 Å². The summed E-state index contributed by atoms with van der Waals surface area (Å²) in [7, 11) is 0. The van der Waals surface area contributed by atoms with Crippen molar-refractivity contribution in [3.63, 3.8) is 0 Å². The summed E-state index contributed by atoms with van der Waals surface area (Å²) in [6.07, 6.45) is 0. The molecule has 0 bridgehead atoms. The highest BCUT2D eigenvalue weighted by Crippen LogP contribution is 2.05. The molecule has 0 unspecified atom stereocenters. The molecule has 0 atom stereocenters. The summed E-state index contributed by atoms with van der Waals surface area (Å²) in [5.74, 6) is 0. The SMILES string of the molecule is CC(C)N1CCN(C([NH])=O)CC1. The van der Waals surface area contributed by atoms with Gasteiger partial charge >= 0.3 is 6.03 Å². The molecule has 2 amide bonds. The third-order valence-corrected chi connectivity index (χ3v) is 2.33. The summed E-state index contributed by atoms with van der Waals surface area (Å²) in [6, 6.07) is 0.00592. The molecule has 4 nitrogen and oxygen atoms in total. The normalized spacial score (nSPS) is 20.1. The smallest absolute Gasteiger partial charge is 0.321 e. The first kappa shape index (κ1) is 9.32. The molecule has 0 aromatic carbocycles. The van der Waals surface area contributed by atoms with Crippen LogP contribution in [0.15, 0.2) is 0 Å². The van der Waals surface area contributed by atoms with Crippen molar-refractivity contribution in [1.82, 2.24) is 15.5 Å². The van der Waals surface area contributed by atoms with Gasteiger partial charge in [-0.1, -0.05) is 0 Å². The van der Waals surface area contributed by atoms with Gasteiger partial charge < -0.3 is 4.90 Å². The summed E-state index contributed by atoms with van der Waals surface area (Å²) in [5.41, 5.74) is 6.91. The molecule has 1 heterocycles. The van der Waals surface area contributed by atoms with Crippen LogP contribution in [0.25, 0.3) is 0 Å². The van der Waals surface area contributed by atoms with Crippen LogP contribution in [0, 0.1) is 0 Å². The minimum absolute atomic E-state index is 0.543. The predicted molar refractivity (Wildman–Crippen MR) is 46.8 cm³/mol. The number of hydrogen-bond acceptors (Lipinski definition) is 2. The highest BCUT2D eigenvalue weighted by molar-refractivity contribution is 5.71. The summed E-state index contributed by atoms with van der Waals surface area (Å²) >= 11 is 0. The van der Waals surface area contributed by atoms with Gasteiger partial charge in [-0.25, -0.2) is 10.5 Å². The Morgan fingerprint density at radius 1 is 1.25 bits per heavy atom. The van der Waals surface area contributed by atoms with Crippen molar-refractivity contribution < 1.29 is 4.79 Å². The Morgan fingerprint density at radius 2 is 1.75 bits per heavy atom. The van der Waals surface area contributed by atoms with Crippen molar-refractivity contribution in [1.29, 1.82) is 0 Å². The van der Waals surface area contributed by atoms with E-state index in [-0.39, 0.29) is 0 Å². The Bertz CT molecular complexity index is 162. The molecule has 1 radical (unpaired) electrons. The number of rotatable bonds is 1. The van der Waals surface area contributed by atoms with E-state index in [2.05, 4.69) is 18.7 Å². The van der Waals surface area contributed by atoms with Gasteiger partial charge in [0.05, 0.1) is 0 Å². The van der Waals surface area contributed by atoms with E-state index in [1.54, 1.807) is 4.90 Å². The molecule has 69 valence electrons. The highest BCUT2D eigenvalue weighted by Gasteiger charge is 2.20. The number of amides is 2. The van der Waals surface area contributed by atoms with Crippen molar-refractivity contribution in [2.24, 2.45) is 0 Å². The van der Waals surface area contributed by atoms with Gasteiger partial charge in [0.15, 0.2) is 0 Å². The standard InChI is InChI=1S/C8H16N3O/c1-7(2)10-3-5-11(6-4-10)8(9)12/h7,9H,3-6H2,1-2H3. The maximum Gasteiger partial charge on any atom is 0.336 e. The predicted octanol–water partition coefficient (Wildman–Crippen LogP) is 0.415. The molecule has 4 heteroatoms. The number of nitrogens with one attached hydrogen (secondary N) is 1. The number of urea groups is 1. The van der Waals surface area contributed by atoms with Gasteiger partial charge in [-0.3, -0.25) is 4.90 Å². The minimum atomic E-state index is -0.543. The fraction of sp³-hybridized carbons (Fsp3) is 0.875. The second kappa shape index (κ2) is 3.76. The van der Waals surface area contributed by atoms with Crippen molar-refractivity contribution in [3.8, 4) is 0 Å². The van der Waals surface area contributed by atoms with Gasteiger partial charge in [0.25, 0.3) is 0 Å². The molecule has 1 fully saturated rings. The number of carbonyl (C=O) groups excluding carboxylic acids is 1. The lowest BCUT2D eigenvalue weighted by Gasteiger charge is -2.35. The molecule has 0 aromatic rings. The fourth-order valence-electron chi connectivity index (χ4n) is 1.44. The van der Waals surface area contributed by atoms with E-state index in [0.29, 0.717) is 19.1 Å². The number of hydrogen-bond donors (Lipinski definition) is 0. The van der Waals surface area contributed by atoms with Gasteiger partial charge in [0.1, 0.15) is 0 Å². The Kier molecular flexibility index (Phi) is 2.92. The molecule has 0 aliphatic carbocycles. The van der Waals surface area contributed by atoms with Crippen LogP contribution in [0.1, 0.15) is 13.8 Å². The van der Waals surface area contributed by atoms with Crippen LogP contribution in [-0.2, 0) is 0 Å². The quantitative estimate of drug-likeness (QED) is 0.572. The lowest BCUT2D eigenvalue weighted by atomic mass is 10.2. The van der Waals surface area contributed by atoms with Gasteiger partial charge in [-0.2, -0.15) is 0 Å². The maximum atomic E-state index is 10.6. The number of nitrogens with zero attached hydrogens (tertiary/aromatic N) is 2. The van der Waals surface area contributed by atoms with E-state index in [9.17, 15) is 4.79 Å². The lowest BCUT2D eigenvalue weighted by molar-refractivity contribution is 0.123. The molecule has 0 spiro atoms. The minimum Gasteiger partial charge on any atom is -0.321 e. The average Bonchev–Trinajstić information content (AvgIpc) is 2.04. The molecule has 1 saturated heterocycles. The molecule has 12 heavy (non-hydrogen) atoms. The first-order valence-electron chi connectivity index (χ1n) is 4.36. The van der Waals surface area contributed by atoms with Crippen LogP contribution < -0.4 is 5.73 Å². The zero-order valence-electron chi connectivity index (χ0n) is 7.71. The van der Waals surface area contributed by atoms with E-state index < -0.39 is 6.03 Å². The molecule has 0 saturated carbocycles. The third-order valence-electron chi connectivity index (χ3n) is 2.33. The summed E-state index contributed by atoms with van der Waals surface area (Å²) < 4.78 is 0. The number of carbonyl (C=O) groups is 1. The highest BCUT2D eigenvalue weighted by atomic mass is 16.2. The van der Waals surface area contributed by atoms with Crippen molar-refractivity contribution >= 4 is 6.03 Å². The first-order valence-corrected chi connectivity index (χ1v) is 4.36. The summed E-state index contributed by atoms with van der Waals surface area (Å²) in [6.45, 7) is 7.53. The average molecular weight is 170 g/mol. The van der Waals surface area contributed by atoms with E-state index in [1.807, 2.05) is 0 Å². The Hall–Kier alpha value is -0.770. The topological polar surface area (TPSA) is 47.4 Å². The largest absolute Gasteiger partial charge is 0.336 e. The third kappa shape index (κ3) is 2.11. The van der Waals surface area contributed by atoms with Crippen LogP contribution in [0.4, 0.5) is 4.79 Å². The zero-order chi connectivity index (χ0) is 9.14. The van der Waals surface area contributed by atoms with Crippen LogP contribution in [0.2, 0.25) is 0 Å². The van der Waals surface area contributed by atoms with E-state index in [4.69, 9.17) is 5.73 Å². The monoisotopic (exact) mass is 170 g/mol. The van der Waals surface area contributed by atoms with Crippen LogP contribution in [-0.4, -0.2) is 48.1 Å². The molecule has 1 rings (SSSR count). The zero-order valence-corrected chi connectivity index (χ0v) is 7.71. The summed E-state index contributed by atoms with van der Waals surface area (Å²) in [5, 5.41) is 0. The van der Waals surface area contributed by atoms with Gasteiger partial charge in [0, 0.05) is 32.2 Å². The number of piperazine rings is 1. The lowest BCUT2D eigenvalue weighted by Crippen LogP contribution is -2.50. The van der Waals surface area contributed by atoms with E-state index in [0.717, 1.165) is 13.1 Å². The van der Waals surface area contributed by atoms with E-state index in [1.165, 1.54) is 0 Å². The van der Waals surface area contributed by atoms with Crippen molar-refractivity contribution in [2.45, 2.75) is 19.9 Å². The summed E-state index contributed by atoms with van der Waals surface area (Å²) in [4.78, 5) is 14.6. The molecular formula is C8H16N3O. The second-order valence-electron chi connectivity index (χ2n) is 3.42. The Labute approximate surface area is 73.3 Å². The second-order valence-corrected chi connectivity index (χ2v) is 3.42. The molecule has 0 aromatic heterocycles. The van der Waals surface area contributed by atoms with E-state index >= 15 is 0 Å². The fourth-order valence-corrected chi connectivity index (χ4v) is 1.44. The van der Waals surface area contributed by atoms with Gasteiger partial charge in [-0.05, 0) is 13.8 Å². The molecule has 1 aliphatic heterocycles. The van der Waals surface area contributed by atoms with Gasteiger partial charge in [-0.15, -0.1) is 0 Å². The molecular weight excluding hydrogens is 154 g/mol. The first-order chi connectivity index (χ1) is 5.61. The Morgan fingerprint density at radius 3 is 2.08 bits per heavy atom.